The minimum absolute atomic E-state index is 0.321. The van der Waals surface area contributed by atoms with Crippen LogP contribution in [0.3, 0.4) is 0 Å². The highest BCUT2D eigenvalue weighted by Gasteiger charge is 2.49. The van der Waals surface area contributed by atoms with Crippen LogP contribution in [-0.4, -0.2) is 25.3 Å². The molecule has 0 amide bonds. The monoisotopic (exact) mass is 211 g/mol. The van der Waals surface area contributed by atoms with Crippen molar-refractivity contribution in [2.45, 2.75) is 59.1 Å². The predicted molar refractivity (Wildman–Crippen MR) is 62.9 cm³/mol. The van der Waals surface area contributed by atoms with Crippen molar-refractivity contribution < 1.29 is 4.74 Å². The molecule has 2 unspecified atom stereocenters. The number of hydrogen-bond donors (Lipinski definition) is 1. The minimum atomic E-state index is 0.321. The van der Waals surface area contributed by atoms with Gasteiger partial charge in [-0.15, -0.1) is 0 Å². The second-order valence-electron chi connectivity index (χ2n) is 6.25. The van der Waals surface area contributed by atoms with Crippen molar-refractivity contribution in [1.82, 2.24) is 5.32 Å². The fraction of sp³-hybridized carbons (Fsp3) is 1.00. The lowest BCUT2D eigenvalue weighted by Crippen LogP contribution is -2.61. The second-order valence-corrected chi connectivity index (χ2v) is 6.25. The van der Waals surface area contributed by atoms with Gasteiger partial charge < -0.3 is 10.1 Å². The third kappa shape index (κ3) is 2.21. The largest absolute Gasteiger partial charge is 0.378 e. The maximum atomic E-state index is 5.73. The molecule has 0 aromatic heterocycles. The summed E-state index contributed by atoms with van der Waals surface area (Å²) in [6.07, 6.45) is 4.47. The maximum Gasteiger partial charge on any atom is 0.0655 e. The van der Waals surface area contributed by atoms with E-state index in [1.165, 1.54) is 25.8 Å². The average molecular weight is 211 g/mol. The van der Waals surface area contributed by atoms with Gasteiger partial charge in [0.2, 0.25) is 0 Å². The molecule has 0 heterocycles. The van der Waals surface area contributed by atoms with Gasteiger partial charge in [0, 0.05) is 24.6 Å². The highest BCUT2D eigenvalue weighted by molar-refractivity contribution is 5.04. The van der Waals surface area contributed by atoms with Crippen molar-refractivity contribution in [3.05, 3.63) is 0 Å². The lowest BCUT2D eigenvalue weighted by atomic mass is 9.64. The molecular weight excluding hydrogens is 186 g/mol. The first kappa shape index (κ1) is 11.4. The Morgan fingerprint density at radius 1 is 1.27 bits per heavy atom. The molecule has 0 spiro atoms. The Morgan fingerprint density at radius 2 is 1.93 bits per heavy atom. The summed E-state index contributed by atoms with van der Waals surface area (Å²) in [7, 11) is 0. The summed E-state index contributed by atoms with van der Waals surface area (Å²) in [6.45, 7) is 11.2. The molecule has 88 valence electrons. The molecule has 15 heavy (non-hydrogen) atoms. The zero-order valence-electron chi connectivity index (χ0n) is 10.6. The van der Waals surface area contributed by atoms with Gasteiger partial charge in [0.25, 0.3) is 0 Å². The summed E-state index contributed by atoms with van der Waals surface area (Å²) in [5.41, 5.74) is 0.939. The molecule has 2 saturated carbocycles. The first-order valence-corrected chi connectivity index (χ1v) is 6.33. The Balaban J connectivity index is 1.76. The molecule has 2 aliphatic rings. The number of ether oxygens (including phenoxy) is 1. The van der Waals surface area contributed by atoms with Crippen LogP contribution >= 0.6 is 0 Å². The molecule has 1 N–H and O–H groups in total. The van der Waals surface area contributed by atoms with Gasteiger partial charge in [-0.2, -0.15) is 0 Å². The van der Waals surface area contributed by atoms with E-state index in [-0.39, 0.29) is 0 Å². The first-order valence-electron chi connectivity index (χ1n) is 6.33. The fourth-order valence-corrected chi connectivity index (χ4v) is 2.48. The standard InChI is InChI=1S/C13H25NO/c1-5-15-11-8-10(12(11,2)3)14-9-13(4)6-7-13/h10-11,14H,5-9H2,1-4H3. The molecule has 2 fully saturated rings. The summed E-state index contributed by atoms with van der Waals surface area (Å²) >= 11 is 0. The van der Waals surface area contributed by atoms with Gasteiger partial charge in [0.05, 0.1) is 6.10 Å². The minimum Gasteiger partial charge on any atom is -0.378 e. The lowest BCUT2D eigenvalue weighted by Gasteiger charge is -2.52. The lowest BCUT2D eigenvalue weighted by molar-refractivity contribution is -0.114. The Bertz CT molecular complexity index is 233. The quantitative estimate of drug-likeness (QED) is 0.754. The molecular formula is C13H25NO. The molecule has 2 heteroatoms. The van der Waals surface area contributed by atoms with Crippen molar-refractivity contribution in [3.63, 3.8) is 0 Å². The molecule has 0 aromatic rings. The van der Waals surface area contributed by atoms with Crippen LogP contribution in [-0.2, 0) is 4.74 Å². The Hall–Kier alpha value is -0.0800. The van der Waals surface area contributed by atoms with Crippen molar-refractivity contribution in [3.8, 4) is 0 Å². The van der Waals surface area contributed by atoms with Crippen LogP contribution in [0, 0.1) is 10.8 Å². The van der Waals surface area contributed by atoms with Crippen LogP contribution in [0.1, 0.15) is 47.0 Å². The predicted octanol–water partition coefficient (Wildman–Crippen LogP) is 2.58. The van der Waals surface area contributed by atoms with E-state index in [4.69, 9.17) is 4.74 Å². The normalized spacial score (nSPS) is 36.0. The Morgan fingerprint density at radius 3 is 2.40 bits per heavy atom. The highest BCUT2D eigenvalue weighted by atomic mass is 16.5. The summed E-state index contributed by atoms with van der Waals surface area (Å²) < 4.78 is 5.73. The SMILES string of the molecule is CCOC1CC(NCC2(C)CC2)C1(C)C. The second kappa shape index (κ2) is 3.74. The van der Waals surface area contributed by atoms with Gasteiger partial charge in [-0.1, -0.05) is 20.8 Å². The topological polar surface area (TPSA) is 21.3 Å². The molecule has 0 aromatic carbocycles. The van der Waals surface area contributed by atoms with E-state index >= 15 is 0 Å². The van der Waals surface area contributed by atoms with Crippen LogP contribution in [0.2, 0.25) is 0 Å². The average Bonchev–Trinajstić information content (AvgIpc) is 2.89. The van der Waals surface area contributed by atoms with Crippen molar-refractivity contribution in [1.29, 1.82) is 0 Å². The van der Waals surface area contributed by atoms with Gasteiger partial charge >= 0.3 is 0 Å². The van der Waals surface area contributed by atoms with Gasteiger partial charge in [-0.05, 0) is 31.6 Å². The Kier molecular flexibility index (Phi) is 2.85. The van der Waals surface area contributed by atoms with Crippen molar-refractivity contribution in [2.24, 2.45) is 10.8 Å². The number of rotatable bonds is 5. The zero-order chi connectivity index (χ0) is 11.1. The third-order valence-electron chi connectivity index (χ3n) is 4.42. The smallest absolute Gasteiger partial charge is 0.0655 e. The van der Waals surface area contributed by atoms with E-state index < -0.39 is 0 Å². The molecule has 0 bridgehead atoms. The molecule has 2 atom stereocenters. The molecule has 2 rings (SSSR count). The van der Waals surface area contributed by atoms with Crippen LogP contribution < -0.4 is 5.32 Å². The summed E-state index contributed by atoms with van der Waals surface area (Å²) in [6, 6.07) is 0.659. The van der Waals surface area contributed by atoms with Gasteiger partial charge in [-0.3, -0.25) is 0 Å². The number of nitrogens with one attached hydrogen (secondary N) is 1. The van der Waals surface area contributed by atoms with E-state index in [1.807, 2.05) is 0 Å². The molecule has 2 aliphatic carbocycles. The van der Waals surface area contributed by atoms with Crippen molar-refractivity contribution >= 4 is 0 Å². The zero-order valence-corrected chi connectivity index (χ0v) is 10.6. The van der Waals surface area contributed by atoms with Crippen molar-refractivity contribution in [2.75, 3.05) is 13.2 Å². The summed E-state index contributed by atoms with van der Waals surface area (Å²) in [5.74, 6) is 0. The van der Waals surface area contributed by atoms with Gasteiger partial charge in [-0.25, -0.2) is 0 Å². The van der Waals surface area contributed by atoms with Gasteiger partial charge in [0.1, 0.15) is 0 Å². The van der Waals surface area contributed by atoms with E-state index in [1.54, 1.807) is 0 Å². The number of hydrogen-bond acceptors (Lipinski definition) is 2. The van der Waals surface area contributed by atoms with E-state index in [9.17, 15) is 0 Å². The van der Waals surface area contributed by atoms with Crippen LogP contribution in [0.25, 0.3) is 0 Å². The molecule has 2 nitrogen and oxygen atoms in total. The molecule has 0 saturated heterocycles. The van der Waals surface area contributed by atoms with E-state index in [2.05, 4.69) is 33.0 Å². The fourth-order valence-electron chi connectivity index (χ4n) is 2.48. The molecule has 0 radical (unpaired) electrons. The van der Waals surface area contributed by atoms with E-state index in [0.29, 0.717) is 23.0 Å². The van der Waals surface area contributed by atoms with Crippen LogP contribution in [0.15, 0.2) is 0 Å². The van der Waals surface area contributed by atoms with Crippen LogP contribution in [0.4, 0.5) is 0 Å². The third-order valence-corrected chi connectivity index (χ3v) is 4.42. The van der Waals surface area contributed by atoms with Gasteiger partial charge in [0.15, 0.2) is 0 Å². The van der Waals surface area contributed by atoms with E-state index in [0.717, 1.165) is 6.61 Å². The van der Waals surface area contributed by atoms with Crippen LogP contribution in [0.5, 0.6) is 0 Å². The Labute approximate surface area is 93.8 Å². The molecule has 0 aliphatic heterocycles. The maximum absolute atomic E-state index is 5.73. The summed E-state index contributed by atoms with van der Waals surface area (Å²) in [5, 5.41) is 3.72. The highest BCUT2D eigenvalue weighted by Crippen LogP contribution is 2.47. The summed E-state index contributed by atoms with van der Waals surface area (Å²) in [4.78, 5) is 0. The first-order chi connectivity index (χ1) is 6.98.